The molecular weight excluding hydrogens is 288 g/mol. The van der Waals surface area contributed by atoms with Crippen molar-refractivity contribution in [3.05, 3.63) is 29.8 Å². The number of hydrogen-bond acceptors (Lipinski definition) is 3. The first kappa shape index (κ1) is 19.5. The second-order valence-corrected chi connectivity index (χ2v) is 7.18. The highest BCUT2D eigenvalue weighted by Crippen LogP contribution is 2.18. The molecule has 0 spiro atoms. The molecule has 0 radical (unpaired) electrons. The number of ether oxygens (including phenoxy) is 1. The van der Waals surface area contributed by atoms with Crippen LogP contribution in [0.2, 0.25) is 0 Å². The molecule has 0 fully saturated rings. The molecule has 0 aromatic heterocycles. The largest absolute Gasteiger partial charge is 0.444 e. The van der Waals surface area contributed by atoms with Crippen molar-refractivity contribution in [3.63, 3.8) is 0 Å². The van der Waals surface area contributed by atoms with Gasteiger partial charge < -0.3 is 10.1 Å². The van der Waals surface area contributed by atoms with E-state index >= 15 is 0 Å². The van der Waals surface area contributed by atoms with Gasteiger partial charge in [-0.3, -0.25) is 5.32 Å². The van der Waals surface area contributed by atoms with Gasteiger partial charge >= 0.3 is 6.09 Å². The number of nitrogens with one attached hydrogen (secondary N) is 2. The van der Waals surface area contributed by atoms with Gasteiger partial charge in [0.15, 0.2) is 0 Å². The molecule has 2 atom stereocenters. The monoisotopic (exact) mass is 320 g/mol. The van der Waals surface area contributed by atoms with E-state index in [4.69, 9.17) is 4.74 Å². The number of amides is 1. The zero-order valence-electron chi connectivity index (χ0n) is 15.4. The SMILES string of the molecule is CCCCC(C)NC(C)c1ccc(NC(=O)OC(C)(C)C)cc1. The van der Waals surface area contributed by atoms with E-state index in [0.29, 0.717) is 6.04 Å². The van der Waals surface area contributed by atoms with Gasteiger partial charge in [0, 0.05) is 17.8 Å². The van der Waals surface area contributed by atoms with Gasteiger partial charge in [0.25, 0.3) is 0 Å². The highest BCUT2D eigenvalue weighted by Gasteiger charge is 2.16. The van der Waals surface area contributed by atoms with Crippen molar-refractivity contribution in [2.45, 2.75) is 78.5 Å². The van der Waals surface area contributed by atoms with Gasteiger partial charge in [0.2, 0.25) is 0 Å². The Bertz CT molecular complexity index is 477. The molecule has 1 aromatic rings. The third-order valence-corrected chi connectivity index (χ3v) is 3.58. The van der Waals surface area contributed by atoms with Crippen LogP contribution in [0.3, 0.4) is 0 Å². The first-order valence-electron chi connectivity index (χ1n) is 8.57. The van der Waals surface area contributed by atoms with Crippen molar-refractivity contribution in [1.29, 1.82) is 0 Å². The average molecular weight is 320 g/mol. The van der Waals surface area contributed by atoms with Crippen LogP contribution < -0.4 is 10.6 Å². The smallest absolute Gasteiger partial charge is 0.412 e. The number of hydrogen-bond donors (Lipinski definition) is 2. The van der Waals surface area contributed by atoms with Gasteiger partial charge in [-0.25, -0.2) is 4.79 Å². The Labute approximate surface area is 141 Å². The topological polar surface area (TPSA) is 50.4 Å². The fraction of sp³-hybridized carbons (Fsp3) is 0.632. The lowest BCUT2D eigenvalue weighted by atomic mass is 10.1. The van der Waals surface area contributed by atoms with Crippen LogP contribution in [0.4, 0.5) is 10.5 Å². The third kappa shape index (κ3) is 8.03. The first-order valence-corrected chi connectivity index (χ1v) is 8.57. The molecule has 1 rings (SSSR count). The number of benzene rings is 1. The summed E-state index contributed by atoms with van der Waals surface area (Å²) in [7, 11) is 0. The fourth-order valence-electron chi connectivity index (χ4n) is 2.39. The van der Waals surface area contributed by atoms with Crippen molar-refractivity contribution in [1.82, 2.24) is 5.32 Å². The Balaban J connectivity index is 2.54. The van der Waals surface area contributed by atoms with Gasteiger partial charge in [-0.2, -0.15) is 0 Å². The molecule has 23 heavy (non-hydrogen) atoms. The molecule has 0 aliphatic rings. The maximum atomic E-state index is 11.7. The van der Waals surface area contributed by atoms with Crippen molar-refractivity contribution in [2.75, 3.05) is 5.32 Å². The molecule has 0 saturated heterocycles. The average Bonchev–Trinajstić information content (AvgIpc) is 2.43. The van der Waals surface area contributed by atoms with E-state index < -0.39 is 11.7 Å². The van der Waals surface area contributed by atoms with Crippen LogP contribution in [-0.2, 0) is 4.74 Å². The molecule has 2 N–H and O–H groups in total. The second kappa shape index (κ2) is 8.92. The van der Waals surface area contributed by atoms with Crippen molar-refractivity contribution in [2.24, 2.45) is 0 Å². The van der Waals surface area contributed by atoms with Gasteiger partial charge in [0.1, 0.15) is 5.60 Å². The van der Waals surface area contributed by atoms with Crippen molar-refractivity contribution < 1.29 is 9.53 Å². The summed E-state index contributed by atoms with van der Waals surface area (Å²) in [5, 5.41) is 6.36. The van der Waals surface area contributed by atoms with E-state index in [9.17, 15) is 4.79 Å². The minimum absolute atomic E-state index is 0.289. The molecule has 0 aliphatic heterocycles. The molecule has 0 bridgehead atoms. The summed E-state index contributed by atoms with van der Waals surface area (Å²) < 4.78 is 5.25. The lowest BCUT2D eigenvalue weighted by Gasteiger charge is -2.21. The predicted octanol–water partition coefficient (Wildman–Crippen LogP) is 5.26. The fourth-order valence-corrected chi connectivity index (χ4v) is 2.39. The number of anilines is 1. The van der Waals surface area contributed by atoms with E-state index in [1.807, 2.05) is 45.0 Å². The summed E-state index contributed by atoms with van der Waals surface area (Å²) in [6, 6.07) is 8.69. The molecular formula is C19H32N2O2. The second-order valence-electron chi connectivity index (χ2n) is 7.18. The Morgan fingerprint density at radius 2 is 1.78 bits per heavy atom. The molecule has 0 heterocycles. The zero-order valence-corrected chi connectivity index (χ0v) is 15.4. The van der Waals surface area contributed by atoms with Gasteiger partial charge in [-0.05, 0) is 58.7 Å². The normalized spacial score (nSPS) is 14.2. The summed E-state index contributed by atoms with van der Waals surface area (Å²) >= 11 is 0. The number of carbonyl (C=O) groups is 1. The number of rotatable bonds is 7. The first-order chi connectivity index (χ1) is 10.7. The Kier molecular flexibility index (Phi) is 7.56. The lowest BCUT2D eigenvalue weighted by Crippen LogP contribution is -2.29. The Morgan fingerprint density at radius 3 is 2.30 bits per heavy atom. The lowest BCUT2D eigenvalue weighted by molar-refractivity contribution is 0.0636. The van der Waals surface area contributed by atoms with Crippen LogP contribution in [0.25, 0.3) is 0 Å². The van der Waals surface area contributed by atoms with Crippen LogP contribution >= 0.6 is 0 Å². The van der Waals surface area contributed by atoms with E-state index in [1.165, 1.54) is 24.8 Å². The maximum absolute atomic E-state index is 11.7. The van der Waals surface area contributed by atoms with E-state index in [-0.39, 0.29) is 6.04 Å². The predicted molar refractivity (Wildman–Crippen MR) is 96.8 cm³/mol. The summed E-state index contributed by atoms with van der Waals surface area (Å²) in [6.07, 6.45) is 3.24. The highest BCUT2D eigenvalue weighted by atomic mass is 16.6. The Hall–Kier alpha value is -1.55. The molecule has 2 unspecified atom stereocenters. The summed E-state index contributed by atoms with van der Waals surface area (Å²) in [5.41, 5.74) is 1.47. The summed E-state index contributed by atoms with van der Waals surface area (Å²) in [6.45, 7) is 12.2. The van der Waals surface area contributed by atoms with Crippen LogP contribution in [0.5, 0.6) is 0 Å². The van der Waals surface area contributed by atoms with Gasteiger partial charge in [-0.1, -0.05) is 31.9 Å². The van der Waals surface area contributed by atoms with Crippen molar-refractivity contribution in [3.8, 4) is 0 Å². The minimum atomic E-state index is -0.489. The van der Waals surface area contributed by atoms with Crippen LogP contribution in [0.15, 0.2) is 24.3 Å². The van der Waals surface area contributed by atoms with Crippen LogP contribution in [0, 0.1) is 0 Å². The standard InChI is InChI=1S/C19H32N2O2/c1-7-8-9-14(2)20-15(3)16-10-12-17(13-11-16)21-18(22)23-19(4,5)6/h10-15,20H,7-9H2,1-6H3,(H,21,22). The quantitative estimate of drug-likeness (QED) is 0.720. The summed E-state index contributed by atoms with van der Waals surface area (Å²) in [4.78, 5) is 11.7. The molecule has 130 valence electrons. The number of unbranched alkanes of at least 4 members (excludes halogenated alkanes) is 1. The molecule has 1 amide bonds. The van der Waals surface area contributed by atoms with Crippen molar-refractivity contribution >= 4 is 11.8 Å². The Morgan fingerprint density at radius 1 is 1.17 bits per heavy atom. The van der Waals surface area contributed by atoms with Crippen LogP contribution in [-0.4, -0.2) is 17.7 Å². The zero-order chi connectivity index (χ0) is 17.5. The third-order valence-electron chi connectivity index (χ3n) is 3.58. The summed E-state index contributed by atoms with van der Waals surface area (Å²) in [5.74, 6) is 0. The van der Waals surface area contributed by atoms with E-state index in [0.717, 1.165) is 5.69 Å². The molecule has 4 heteroatoms. The van der Waals surface area contributed by atoms with Crippen LogP contribution in [0.1, 0.15) is 72.4 Å². The highest BCUT2D eigenvalue weighted by molar-refractivity contribution is 5.84. The van der Waals surface area contributed by atoms with E-state index in [1.54, 1.807) is 0 Å². The maximum Gasteiger partial charge on any atom is 0.412 e. The molecule has 4 nitrogen and oxygen atoms in total. The molecule has 1 aromatic carbocycles. The molecule has 0 aliphatic carbocycles. The molecule has 0 saturated carbocycles. The van der Waals surface area contributed by atoms with Gasteiger partial charge in [-0.15, -0.1) is 0 Å². The van der Waals surface area contributed by atoms with Gasteiger partial charge in [0.05, 0.1) is 0 Å². The number of carbonyl (C=O) groups excluding carboxylic acids is 1. The van der Waals surface area contributed by atoms with E-state index in [2.05, 4.69) is 31.4 Å². The minimum Gasteiger partial charge on any atom is -0.444 e.